The number of para-hydroxylation sites is 1. The highest BCUT2D eigenvalue weighted by Crippen LogP contribution is 2.36. The molecule has 3 heterocycles. The van der Waals surface area contributed by atoms with E-state index in [0.717, 1.165) is 66.1 Å². The Morgan fingerprint density at radius 1 is 0.523 bits per heavy atom. The summed E-state index contributed by atoms with van der Waals surface area (Å²) in [5.74, 6) is 0.851. The van der Waals surface area contributed by atoms with Crippen LogP contribution in [0.15, 0.2) is 157 Å². The average molecular weight is 630 g/mol. The summed E-state index contributed by atoms with van der Waals surface area (Å²) in [6.07, 6.45) is 5.57. The van der Waals surface area contributed by atoms with E-state index in [0.29, 0.717) is 0 Å². The van der Waals surface area contributed by atoms with Gasteiger partial charge < -0.3 is 0 Å². The lowest BCUT2D eigenvalue weighted by Gasteiger charge is -2.11. The van der Waals surface area contributed by atoms with Crippen LogP contribution in [0.4, 0.5) is 0 Å². The number of halogens is 1. The van der Waals surface area contributed by atoms with E-state index in [1.807, 2.05) is 36.7 Å². The van der Waals surface area contributed by atoms with Crippen LogP contribution in [0, 0.1) is 0 Å². The molecule has 0 fully saturated rings. The monoisotopic (exact) mass is 628 g/mol. The van der Waals surface area contributed by atoms with Crippen LogP contribution in [0.1, 0.15) is 0 Å². The molecule has 0 saturated heterocycles. The highest BCUT2D eigenvalue weighted by atomic mass is 79.9. The molecule has 5 heteroatoms. The van der Waals surface area contributed by atoms with Gasteiger partial charge in [-0.1, -0.05) is 101 Å². The Hall–Kier alpha value is -5.39. The van der Waals surface area contributed by atoms with E-state index in [1.165, 1.54) is 10.8 Å². The molecule has 0 aliphatic carbocycles. The molecule has 0 radical (unpaired) electrons. The second kappa shape index (κ2) is 11.0. The summed E-state index contributed by atoms with van der Waals surface area (Å²) in [7, 11) is 0. The van der Waals surface area contributed by atoms with Crippen molar-refractivity contribution >= 4 is 37.9 Å². The van der Waals surface area contributed by atoms with Gasteiger partial charge in [-0.15, -0.1) is 0 Å². The summed E-state index contributed by atoms with van der Waals surface area (Å²) >= 11 is 3.71. The fraction of sp³-hybridized carbons (Fsp3) is 0. The molecule has 5 aromatic carbocycles. The van der Waals surface area contributed by atoms with E-state index in [2.05, 4.69) is 135 Å². The Morgan fingerprint density at radius 2 is 1.25 bits per heavy atom. The van der Waals surface area contributed by atoms with Crippen molar-refractivity contribution in [3.8, 4) is 50.5 Å². The van der Waals surface area contributed by atoms with Crippen molar-refractivity contribution in [2.75, 3.05) is 0 Å². The van der Waals surface area contributed by atoms with Crippen LogP contribution in [0.5, 0.6) is 0 Å². The zero-order valence-electron chi connectivity index (χ0n) is 23.6. The van der Waals surface area contributed by atoms with Gasteiger partial charge in [-0.05, 0) is 81.6 Å². The first-order valence-corrected chi connectivity index (χ1v) is 15.2. The normalized spacial score (nSPS) is 11.3. The summed E-state index contributed by atoms with van der Waals surface area (Å²) in [6, 6.07) is 46.6. The van der Waals surface area contributed by atoms with Gasteiger partial charge in [0.25, 0.3) is 0 Å². The third kappa shape index (κ3) is 4.77. The maximum Gasteiger partial charge on any atom is 0.165 e. The summed E-state index contributed by atoms with van der Waals surface area (Å²) < 4.78 is 3.19. The van der Waals surface area contributed by atoms with Gasteiger partial charge in [0.1, 0.15) is 11.3 Å². The van der Waals surface area contributed by atoms with E-state index < -0.39 is 0 Å². The molecule has 0 amide bonds. The highest BCUT2D eigenvalue weighted by Gasteiger charge is 2.19. The zero-order chi connectivity index (χ0) is 29.5. The number of aromatic nitrogens is 4. The Morgan fingerprint density at radius 3 is 2.05 bits per heavy atom. The van der Waals surface area contributed by atoms with Crippen LogP contribution >= 0.6 is 15.9 Å². The fourth-order valence-corrected chi connectivity index (χ4v) is 6.34. The lowest BCUT2D eigenvalue weighted by molar-refractivity contribution is 1.08. The fourth-order valence-electron chi connectivity index (χ4n) is 5.85. The molecule has 0 aliphatic rings. The SMILES string of the molecule is Brc1cc(-c2ccc(-c3nc4c(-c5ccc6ccccc6c5)ccnc4n3-c3ccccc3)cc2)cc(-c2cccnc2)c1. The standard InChI is InChI=1S/C39H25BrN4/c40-34-23-32(22-33(24-34)31-9-6-19-41-25-31)27-12-15-28(16-13-27)38-43-37-36(30-17-14-26-7-4-5-8-29(26)21-30)18-20-42-39(37)44(38)35-10-2-1-3-11-35/h1-25H. The molecule has 0 aliphatic heterocycles. The number of nitrogens with zero attached hydrogens (tertiary/aromatic N) is 4. The average Bonchev–Trinajstić information content (AvgIpc) is 3.49. The van der Waals surface area contributed by atoms with Crippen molar-refractivity contribution in [1.82, 2.24) is 19.5 Å². The summed E-state index contributed by atoms with van der Waals surface area (Å²) in [5.41, 5.74) is 10.4. The molecule has 208 valence electrons. The molecule has 0 atom stereocenters. The van der Waals surface area contributed by atoms with Gasteiger partial charge >= 0.3 is 0 Å². The maximum absolute atomic E-state index is 5.27. The molecular weight excluding hydrogens is 604 g/mol. The van der Waals surface area contributed by atoms with Gasteiger partial charge in [0.15, 0.2) is 5.65 Å². The largest absolute Gasteiger partial charge is 0.277 e. The van der Waals surface area contributed by atoms with Gasteiger partial charge in [-0.2, -0.15) is 0 Å². The Bertz CT molecular complexity index is 2270. The molecule has 0 bridgehead atoms. The smallest absolute Gasteiger partial charge is 0.165 e. The first-order chi connectivity index (χ1) is 21.7. The van der Waals surface area contributed by atoms with Gasteiger partial charge in [-0.3, -0.25) is 9.55 Å². The third-order valence-corrected chi connectivity index (χ3v) is 8.45. The van der Waals surface area contributed by atoms with Crippen molar-refractivity contribution in [3.63, 3.8) is 0 Å². The van der Waals surface area contributed by atoms with E-state index in [4.69, 9.17) is 9.97 Å². The minimum atomic E-state index is 0.828. The van der Waals surface area contributed by atoms with Gasteiger partial charge in [0.2, 0.25) is 0 Å². The van der Waals surface area contributed by atoms with Crippen LogP contribution in [0.2, 0.25) is 0 Å². The molecule has 8 rings (SSSR count). The lowest BCUT2D eigenvalue weighted by atomic mass is 9.99. The molecule has 8 aromatic rings. The predicted molar refractivity (Wildman–Crippen MR) is 184 cm³/mol. The van der Waals surface area contributed by atoms with Gasteiger partial charge in [0.05, 0.1) is 0 Å². The Kier molecular flexibility index (Phi) is 6.58. The molecular formula is C39H25BrN4. The van der Waals surface area contributed by atoms with Crippen LogP contribution in [-0.2, 0) is 0 Å². The van der Waals surface area contributed by atoms with Crippen molar-refractivity contribution in [1.29, 1.82) is 0 Å². The van der Waals surface area contributed by atoms with Crippen LogP contribution < -0.4 is 0 Å². The zero-order valence-corrected chi connectivity index (χ0v) is 25.2. The summed E-state index contributed by atoms with van der Waals surface area (Å²) in [5, 5.41) is 2.42. The molecule has 0 N–H and O–H groups in total. The molecule has 3 aromatic heterocycles. The van der Waals surface area contributed by atoms with Crippen LogP contribution in [-0.4, -0.2) is 19.5 Å². The first kappa shape index (κ1) is 26.3. The van der Waals surface area contributed by atoms with Gasteiger partial charge in [0, 0.05) is 45.4 Å². The predicted octanol–water partition coefficient (Wildman–Crippen LogP) is 10.4. The Balaban J connectivity index is 1.26. The number of hydrogen-bond acceptors (Lipinski definition) is 3. The number of pyridine rings is 2. The molecule has 44 heavy (non-hydrogen) atoms. The quantitative estimate of drug-likeness (QED) is 0.190. The first-order valence-electron chi connectivity index (χ1n) is 14.5. The lowest BCUT2D eigenvalue weighted by Crippen LogP contribution is -1.98. The van der Waals surface area contributed by atoms with Crippen molar-refractivity contribution in [3.05, 3.63) is 157 Å². The van der Waals surface area contributed by atoms with Crippen molar-refractivity contribution in [2.45, 2.75) is 0 Å². The molecule has 4 nitrogen and oxygen atoms in total. The number of rotatable bonds is 5. The minimum absolute atomic E-state index is 0.828. The maximum atomic E-state index is 5.27. The molecule has 0 spiro atoms. The van der Waals surface area contributed by atoms with Gasteiger partial charge in [-0.25, -0.2) is 9.97 Å². The van der Waals surface area contributed by atoms with E-state index in [-0.39, 0.29) is 0 Å². The highest BCUT2D eigenvalue weighted by molar-refractivity contribution is 9.10. The minimum Gasteiger partial charge on any atom is -0.277 e. The van der Waals surface area contributed by atoms with Crippen molar-refractivity contribution < 1.29 is 0 Å². The van der Waals surface area contributed by atoms with E-state index >= 15 is 0 Å². The van der Waals surface area contributed by atoms with E-state index in [1.54, 1.807) is 6.20 Å². The molecule has 0 saturated carbocycles. The number of hydrogen-bond donors (Lipinski definition) is 0. The second-order valence-corrected chi connectivity index (χ2v) is 11.7. The number of benzene rings is 5. The Labute approximate surface area is 263 Å². The van der Waals surface area contributed by atoms with Crippen LogP contribution in [0.25, 0.3) is 72.4 Å². The summed E-state index contributed by atoms with van der Waals surface area (Å²) in [6.45, 7) is 0. The topological polar surface area (TPSA) is 43.6 Å². The number of imidazole rings is 1. The molecule has 0 unspecified atom stereocenters. The van der Waals surface area contributed by atoms with E-state index in [9.17, 15) is 0 Å². The summed E-state index contributed by atoms with van der Waals surface area (Å²) in [4.78, 5) is 14.4. The second-order valence-electron chi connectivity index (χ2n) is 10.7. The van der Waals surface area contributed by atoms with Crippen molar-refractivity contribution in [2.24, 2.45) is 0 Å². The third-order valence-electron chi connectivity index (χ3n) is 7.99. The number of fused-ring (bicyclic) bond motifs is 2. The van der Waals surface area contributed by atoms with Crippen LogP contribution in [0.3, 0.4) is 0 Å².